The molecule has 1 aliphatic rings. The van der Waals surface area contributed by atoms with Gasteiger partial charge in [-0.15, -0.1) is 13.2 Å². The standard InChI is InChI=1S/C12H10BrF3O2/c13-8-4-7(10-2-1-3-11(10)17)5-9(6-8)18-12(14,15)16/h4-6,10H,1-3H2. The molecule has 1 saturated carbocycles. The molecule has 1 fully saturated rings. The third-order valence-electron chi connectivity index (χ3n) is 2.83. The third kappa shape index (κ3) is 3.25. The number of Topliss-reactive ketones (excluding diaryl/α,β-unsaturated/α-hetero) is 1. The molecule has 1 aromatic carbocycles. The average molecular weight is 323 g/mol. The SMILES string of the molecule is O=C1CCCC1c1cc(Br)cc(OC(F)(F)F)c1. The average Bonchev–Trinajstić information content (AvgIpc) is 2.60. The number of hydrogen-bond donors (Lipinski definition) is 0. The number of ether oxygens (including phenoxy) is 1. The van der Waals surface area contributed by atoms with Gasteiger partial charge >= 0.3 is 6.36 Å². The topological polar surface area (TPSA) is 26.3 Å². The van der Waals surface area contributed by atoms with Crippen LogP contribution in [-0.4, -0.2) is 12.1 Å². The summed E-state index contributed by atoms with van der Waals surface area (Å²) in [5, 5.41) is 0. The molecule has 0 radical (unpaired) electrons. The van der Waals surface area contributed by atoms with Gasteiger partial charge in [-0.25, -0.2) is 0 Å². The molecule has 1 aliphatic carbocycles. The number of benzene rings is 1. The van der Waals surface area contributed by atoms with Crippen molar-refractivity contribution >= 4 is 21.7 Å². The second kappa shape index (κ2) is 4.91. The van der Waals surface area contributed by atoms with Crippen molar-refractivity contribution in [1.82, 2.24) is 0 Å². The summed E-state index contributed by atoms with van der Waals surface area (Å²) in [5.74, 6) is -0.532. The van der Waals surface area contributed by atoms with E-state index in [1.54, 1.807) is 6.07 Å². The normalized spacial score (nSPS) is 20.2. The van der Waals surface area contributed by atoms with Crippen LogP contribution in [0, 0.1) is 0 Å². The second-order valence-electron chi connectivity index (χ2n) is 4.18. The first-order chi connectivity index (χ1) is 8.35. The van der Waals surface area contributed by atoms with Gasteiger partial charge in [-0.1, -0.05) is 15.9 Å². The molecule has 0 heterocycles. The maximum Gasteiger partial charge on any atom is 0.573 e. The predicted molar refractivity (Wildman–Crippen MR) is 62.4 cm³/mol. The van der Waals surface area contributed by atoms with E-state index in [-0.39, 0.29) is 17.5 Å². The van der Waals surface area contributed by atoms with Crippen molar-refractivity contribution in [2.75, 3.05) is 0 Å². The van der Waals surface area contributed by atoms with Crippen molar-refractivity contribution in [3.05, 3.63) is 28.2 Å². The van der Waals surface area contributed by atoms with E-state index in [2.05, 4.69) is 20.7 Å². The van der Waals surface area contributed by atoms with E-state index in [1.807, 2.05) is 0 Å². The molecule has 1 aromatic rings. The smallest absolute Gasteiger partial charge is 0.406 e. The minimum absolute atomic E-state index is 0.0751. The number of rotatable bonds is 2. The molecule has 0 saturated heterocycles. The van der Waals surface area contributed by atoms with Gasteiger partial charge in [0.15, 0.2) is 0 Å². The second-order valence-corrected chi connectivity index (χ2v) is 5.09. The van der Waals surface area contributed by atoms with Crippen molar-refractivity contribution in [1.29, 1.82) is 0 Å². The van der Waals surface area contributed by atoms with E-state index in [0.717, 1.165) is 6.42 Å². The molecular weight excluding hydrogens is 313 g/mol. The first-order valence-corrected chi connectivity index (χ1v) is 6.23. The molecule has 2 nitrogen and oxygen atoms in total. The van der Waals surface area contributed by atoms with E-state index < -0.39 is 6.36 Å². The van der Waals surface area contributed by atoms with E-state index >= 15 is 0 Å². The zero-order valence-electron chi connectivity index (χ0n) is 9.26. The third-order valence-corrected chi connectivity index (χ3v) is 3.29. The number of hydrogen-bond acceptors (Lipinski definition) is 2. The highest BCUT2D eigenvalue weighted by molar-refractivity contribution is 9.10. The van der Waals surface area contributed by atoms with Crippen molar-refractivity contribution < 1.29 is 22.7 Å². The summed E-state index contributed by atoms with van der Waals surface area (Å²) >= 11 is 3.13. The fourth-order valence-electron chi connectivity index (χ4n) is 2.15. The van der Waals surface area contributed by atoms with Gasteiger partial charge in [-0.05, 0) is 36.6 Å². The van der Waals surface area contributed by atoms with Crippen molar-refractivity contribution in [2.24, 2.45) is 0 Å². The maximum absolute atomic E-state index is 12.2. The van der Waals surface area contributed by atoms with Crippen LogP contribution in [0.25, 0.3) is 0 Å². The minimum atomic E-state index is -4.72. The van der Waals surface area contributed by atoms with Gasteiger partial charge in [-0.2, -0.15) is 0 Å². The molecule has 0 N–H and O–H groups in total. The van der Waals surface area contributed by atoms with Crippen LogP contribution < -0.4 is 4.74 Å². The number of halogens is 4. The Labute approximate surface area is 110 Å². The maximum atomic E-state index is 12.2. The molecule has 0 bridgehead atoms. The molecule has 2 rings (SSSR count). The Bertz CT molecular complexity index is 471. The van der Waals surface area contributed by atoms with Crippen molar-refractivity contribution in [3.8, 4) is 5.75 Å². The first kappa shape index (κ1) is 13.4. The number of carbonyl (C=O) groups is 1. The Kier molecular flexibility index (Phi) is 3.66. The molecular formula is C12H10BrF3O2. The summed E-state index contributed by atoms with van der Waals surface area (Å²) in [6.45, 7) is 0. The quantitative estimate of drug-likeness (QED) is 0.816. The lowest BCUT2D eigenvalue weighted by Gasteiger charge is -2.13. The number of carbonyl (C=O) groups excluding carboxylic acids is 1. The van der Waals surface area contributed by atoms with Gasteiger partial charge < -0.3 is 4.74 Å². The largest absolute Gasteiger partial charge is 0.573 e. The van der Waals surface area contributed by atoms with Crippen LogP contribution in [0.1, 0.15) is 30.7 Å². The zero-order valence-corrected chi connectivity index (χ0v) is 10.8. The van der Waals surface area contributed by atoms with Crippen LogP contribution >= 0.6 is 15.9 Å². The number of ketones is 1. The van der Waals surface area contributed by atoms with Crippen LogP contribution in [0.15, 0.2) is 22.7 Å². The molecule has 0 aliphatic heterocycles. The summed E-state index contributed by atoms with van der Waals surface area (Å²) in [5.41, 5.74) is 0.575. The van der Waals surface area contributed by atoms with Crippen molar-refractivity contribution in [3.63, 3.8) is 0 Å². The molecule has 1 unspecified atom stereocenters. The van der Waals surface area contributed by atoms with Crippen LogP contribution in [0.5, 0.6) is 5.75 Å². The summed E-state index contributed by atoms with van der Waals surface area (Å²) in [7, 11) is 0. The molecule has 0 aromatic heterocycles. The highest BCUT2D eigenvalue weighted by Gasteiger charge is 2.32. The van der Waals surface area contributed by atoms with Gasteiger partial charge in [0.05, 0.1) is 0 Å². The molecule has 0 spiro atoms. The minimum Gasteiger partial charge on any atom is -0.406 e. The molecule has 18 heavy (non-hydrogen) atoms. The number of alkyl halides is 3. The molecule has 98 valence electrons. The van der Waals surface area contributed by atoms with Crippen LogP contribution in [0.2, 0.25) is 0 Å². The first-order valence-electron chi connectivity index (χ1n) is 5.44. The lowest BCUT2D eigenvalue weighted by molar-refractivity contribution is -0.274. The molecule has 1 atom stereocenters. The van der Waals surface area contributed by atoms with Gasteiger partial charge in [0.1, 0.15) is 11.5 Å². The Balaban J connectivity index is 2.29. The van der Waals surface area contributed by atoms with Gasteiger partial charge in [0.25, 0.3) is 0 Å². The summed E-state index contributed by atoms with van der Waals surface area (Å²) in [6, 6.07) is 4.18. The van der Waals surface area contributed by atoms with E-state index in [9.17, 15) is 18.0 Å². The fraction of sp³-hybridized carbons (Fsp3) is 0.417. The zero-order chi connectivity index (χ0) is 13.3. The van der Waals surface area contributed by atoms with Gasteiger partial charge in [0, 0.05) is 16.8 Å². The van der Waals surface area contributed by atoms with Crippen LogP contribution in [0.4, 0.5) is 13.2 Å². The lowest BCUT2D eigenvalue weighted by atomic mass is 9.97. The van der Waals surface area contributed by atoms with E-state index in [0.29, 0.717) is 22.9 Å². The Morgan fingerprint density at radius 2 is 2.00 bits per heavy atom. The monoisotopic (exact) mass is 322 g/mol. The fourth-order valence-corrected chi connectivity index (χ4v) is 2.64. The Morgan fingerprint density at radius 3 is 2.56 bits per heavy atom. The highest BCUT2D eigenvalue weighted by Crippen LogP contribution is 2.36. The van der Waals surface area contributed by atoms with Crippen molar-refractivity contribution in [2.45, 2.75) is 31.5 Å². The Morgan fingerprint density at radius 1 is 1.28 bits per heavy atom. The van der Waals surface area contributed by atoms with Gasteiger partial charge in [0.2, 0.25) is 0 Å². The van der Waals surface area contributed by atoms with Crippen LogP contribution in [-0.2, 0) is 4.79 Å². The summed E-state index contributed by atoms with van der Waals surface area (Å²) < 4.78 is 40.8. The Hall–Kier alpha value is -1.04. The molecule has 6 heteroatoms. The van der Waals surface area contributed by atoms with E-state index in [4.69, 9.17) is 0 Å². The van der Waals surface area contributed by atoms with Gasteiger partial charge in [-0.3, -0.25) is 4.79 Å². The summed E-state index contributed by atoms with van der Waals surface area (Å²) in [4.78, 5) is 11.6. The van der Waals surface area contributed by atoms with Crippen LogP contribution in [0.3, 0.4) is 0 Å². The lowest BCUT2D eigenvalue weighted by Crippen LogP contribution is -2.17. The molecule has 0 amide bonds. The van der Waals surface area contributed by atoms with E-state index in [1.165, 1.54) is 12.1 Å². The summed E-state index contributed by atoms with van der Waals surface area (Å²) in [6.07, 6.45) is -2.77. The predicted octanol–water partition coefficient (Wildman–Crippen LogP) is 4.18. The highest BCUT2D eigenvalue weighted by atomic mass is 79.9.